The van der Waals surface area contributed by atoms with Gasteiger partial charge in [0.25, 0.3) is 0 Å². The molecule has 108 valence electrons. The SMILES string of the molecule is C=CCNc1cc(C)nc(N2CCc3ccccc3C2)n1. The number of nitrogens with one attached hydrogen (secondary N) is 1. The maximum atomic E-state index is 4.62. The predicted molar refractivity (Wildman–Crippen MR) is 86.7 cm³/mol. The molecule has 0 saturated heterocycles. The van der Waals surface area contributed by atoms with Crippen molar-refractivity contribution in [3.05, 3.63) is 59.8 Å². The van der Waals surface area contributed by atoms with Gasteiger partial charge in [-0.25, -0.2) is 4.98 Å². The molecule has 0 unspecified atom stereocenters. The molecule has 0 radical (unpaired) electrons. The van der Waals surface area contributed by atoms with Crippen molar-refractivity contribution in [1.82, 2.24) is 9.97 Å². The van der Waals surface area contributed by atoms with Gasteiger partial charge in [0.15, 0.2) is 0 Å². The van der Waals surface area contributed by atoms with Crippen LogP contribution < -0.4 is 10.2 Å². The minimum atomic E-state index is 0.707. The summed E-state index contributed by atoms with van der Waals surface area (Å²) < 4.78 is 0. The molecule has 0 spiro atoms. The molecule has 1 aliphatic rings. The van der Waals surface area contributed by atoms with E-state index in [4.69, 9.17) is 0 Å². The molecule has 1 aromatic carbocycles. The highest BCUT2D eigenvalue weighted by atomic mass is 15.3. The van der Waals surface area contributed by atoms with Gasteiger partial charge in [-0.15, -0.1) is 6.58 Å². The Morgan fingerprint density at radius 1 is 1.29 bits per heavy atom. The molecule has 0 saturated carbocycles. The molecule has 2 aromatic rings. The zero-order valence-corrected chi connectivity index (χ0v) is 12.3. The van der Waals surface area contributed by atoms with E-state index in [1.165, 1.54) is 11.1 Å². The fourth-order valence-corrected chi connectivity index (χ4v) is 2.63. The minimum absolute atomic E-state index is 0.707. The van der Waals surface area contributed by atoms with Gasteiger partial charge < -0.3 is 10.2 Å². The zero-order valence-electron chi connectivity index (χ0n) is 12.3. The smallest absolute Gasteiger partial charge is 0.227 e. The number of benzene rings is 1. The first-order chi connectivity index (χ1) is 10.3. The standard InChI is InChI=1S/C17H20N4/c1-3-9-18-16-11-13(2)19-17(20-16)21-10-8-14-6-4-5-7-15(14)12-21/h3-7,11H,1,8-10,12H2,2H3,(H,18,19,20). The number of rotatable bonds is 4. The van der Waals surface area contributed by atoms with Gasteiger partial charge in [-0.2, -0.15) is 4.98 Å². The van der Waals surface area contributed by atoms with Crippen LogP contribution in [-0.2, 0) is 13.0 Å². The van der Waals surface area contributed by atoms with Crippen molar-refractivity contribution in [2.75, 3.05) is 23.3 Å². The van der Waals surface area contributed by atoms with Crippen LogP contribution in [0, 0.1) is 6.92 Å². The van der Waals surface area contributed by atoms with E-state index in [2.05, 4.69) is 51.0 Å². The maximum Gasteiger partial charge on any atom is 0.227 e. The summed E-state index contributed by atoms with van der Waals surface area (Å²) in [7, 11) is 0. The summed E-state index contributed by atoms with van der Waals surface area (Å²) in [5.74, 6) is 1.66. The van der Waals surface area contributed by atoms with Gasteiger partial charge >= 0.3 is 0 Å². The fourth-order valence-electron chi connectivity index (χ4n) is 2.63. The number of fused-ring (bicyclic) bond motifs is 1. The molecule has 0 fully saturated rings. The van der Waals surface area contributed by atoms with E-state index in [9.17, 15) is 0 Å². The number of hydrogen-bond donors (Lipinski definition) is 1. The number of anilines is 2. The topological polar surface area (TPSA) is 41.1 Å². The van der Waals surface area contributed by atoms with Crippen LogP contribution in [0.5, 0.6) is 0 Å². The van der Waals surface area contributed by atoms with Crippen LogP contribution in [0.25, 0.3) is 0 Å². The van der Waals surface area contributed by atoms with Crippen LogP contribution in [0.4, 0.5) is 11.8 Å². The summed E-state index contributed by atoms with van der Waals surface area (Å²) >= 11 is 0. The van der Waals surface area contributed by atoms with E-state index in [0.717, 1.165) is 37.0 Å². The lowest BCUT2D eigenvalue weighted by Crippen LogP contribution is -2.32. The van der Waals surface area contributed by atoms with Crippen LogP contribution in [0.15, 0.2) is 43.0 Å². The third-order valence-electron chi connectivity index (χ3n) is 3.68. The van der Waals surface area contributed by atoms with Crippen molar-refractivity contribution in [2.24, 2.45) is 0 Å². The van der Waals surface area contributed by atoms with Crippen molar-refractivity contribution < 1.29 is 0 Å². The van der Waals surface area contributed by atoms with Crippen LogP contribution in [0.1, 0.15) is 16.8 Å². The molecule has 1 aromatic heterocycles. The monoisotopic (exact) mass is 280 g/mol. The number of nitrogens with zero attached hydrogens (tertiary/aromatic N) is 3. The molecular weight excluding hydrogens is 260 g/mol. The van der Waals surface area contributed by atoms with Gasteiger partial charge in [0.2, 0.25) is 5.95 Å². The second-order valence-corrected chi connectivity index (χ2v) is 5.30. The molecule has 0 amide bonds. The Morgan fingerprint density at radius 2 is 2.10 bits per heavy atom. The van der Waals surface area contributed by atoms with E-state index < -0.39 is 0 Å². The van der Waals surface area contributed by atoms with Gasteiger partial charge in [-0.3, -0.25) is 0 Å². The summed E-state index contributed by atoms with van der Waals surface area (Å²) in [4.78, 5) is 11.5. The van der Waals surface area contributed by atoms with Gasteiger partial charge in [-0.1, -0.05) is 30.3 Å². The summed E-state index contributed by atoms with van der Waals surface area (Å²) in [5.41, 5.74) is 3.78. The van der Waals surface area contributed by atoms with Gasteiger partial charge in [0.1, 0.15) is 5.82 Å². The number of aryl methyl sites for hydroxylation is 1. The number of hydrogen-bond acceptors (Lipinski definition) is 4. The molecule has 0 bridgehead atoms. The Morgan fingerprint density at radius 3 is 2.90 bits per heavy atom. The molecule has 4 heteroatoms. The molecule has 4 nitrogen and oxygen atoms in total. The third kappa shape index (κ3) is 3.05. The Balaban J connectivity index is 1.84. The second kappa shape index (κ2) is 5.95. The molecule has 2 heterocycles. The van der Waals surface area contributed by atoms with Gasteiger partial charge in [0.05, 0.1) is 0 Å². The Kier molecular flexibility index (Phi) is 3.86. The van der Waals surface area contributed by atoms with Crippen molar-refractivity contribution in [1.29, 1.82) is 0 Å². The zero-order chi connectivity index (χ0) is 14.7. The molecule has 3 rings (SSSR count). The second-order valence-electron chi connectivity index (χ2n) is 5.30. The first-order valence-electron chi connectivity index (χ1n) is 7.28. The van der Waals surface area contributed by atoms with Crippen molar-refractivity contribution in [3.63, 3.8) is 0 Å². The van der Waals surface area contributed by atoms with Crippen molar-refractivity contribution in [2.45, 2.75) is 19.9 Å². The largest absolute Gasteiger partial charge is 0.366 e. The molecule has 0 atom stereocenters. The van der Waals surface area contributed by atoms with Crippen LogP contribution in [-0.4, -0.2) is 23.1 Å². The predicted octanol–water partition coefficient (Wildman–Crippen LogP) is 2.95. The lowest BCUT2D eigenvalue weighted by Gasteiger charge is -2.29. The van der Waals surface area contributed by atoms with E-state index in [1.807, 2.05) is 19.1 Å². The Hall–Kier alpha value is -2.36. The van der Waals surface area contributed by atoms with Crippen LogP contribution in [0.2, 0.25) is 0 Å². The van der Waals surface area contributed by atoms with E-state index in [-0.39, 0.29) is 0 Å². The average molecular weight is 280 g/mol. The average Bonchev–Trinajstić information content (AvgIpc) is 2.52. The van der Waals surface area contributed by atoms with E-state index in [0.29, 0.717) is 6.54 Å². The summed E-state index contributed by atoms with van der Waals surface area (Å²) in [5, 5.41) is 3.24. The van der Waals surface area contributed by atoms with Crippen LogP contribution in [0.3, 0.4) is 0 Å². The lowest BCUT2D eigenvalue weighted by molar-refractivity contribution is 0.706. The van der Waals surface area contributed by atoms with E-state index in [1.54, 1.807) is 0 Å². The quantitative estimate of drug-likeness (QED) is 0.874. The van der Waals surface area contributed by atoms with Gasteiger partial charge in [0, 0.05) is 31.4 Å². The summed E-state index contributed by atoms with van der Waals surface area (Å²) in [6.07, 6.45) is 2.87. The fraction of sp³-hybridized carbons (Fsp3) is 0.294. The number of aromatic nitrogens is 2. The Bertz CT molecular complexity index is 651. The third-order valence-corrected chi connectivity index (χ3v) is 3.68. The molecular formula is C17H20N4. The highest BCUT2D eigenvalue weighted by Gasteiger charge is 2.18. The first kappa shape index (κ1) is 13.6. The summed E-state index contributed by atoms with van der Waals surface area (Å²) in [6.45, 7) is 8.26. The molecule has 0 aliphatic carbocycles. The van der Waals surface area contributed by atoms with Crippen molar-refractivity contribution in [3.8, 4) is 0 Å². The van der Waals surface area contributed by atoms with Gasteiger partial charge in [-0.05, 0) is 24.5 Å². The Labute approximate surface area is 125 Å². The van der Waals surface area contributed by atoms with E-state index >= 15 is 0 Å². The first-order valence-corrected chi connectivity index (χ1v) is 7.28. The normalized spacial score (nSPS) is 13.7. The lowest BCUT2D eigenvalue weighted by atomic mass is 10.0. The highest BCUT2D eigenvalue weighted by molar-refractivity contribution is 5.46. The molecule has 1 N–H and O–H groups in total. The minimum Gasteiger partial charge on any atom is -0.366 e. The maximum absolute atomic E-state index is 4.62. The molecule has 21 heavy (non-hydrogen) atoms. The molecule has 1 aliphatic heterocycles. The highest BCUT2D eigenvalue weighted by Crippen LogP contribution is 2.23. The van der Waals surface area contributed by atoms with Crippen molar-refractivity contribution >= 4 is 11.8 Å². The van der Waals surface area contributed by atoms with Crippen LogP contribution >= 0.6 is 0 Å². The summed E-state index contributed by atoms with van der Waals surface area (Å²) in [6, 6.07) is 10.6.